The third-order valence-electron chi connectivity index (χ3n) is 8.58. The van der Waals surface area contributed by atoms with Crippen molar-refractivity contribution in [1.29, 1.82) is 0 Å². The molecular weight excluding hydrogens is 340 g/mol. The molecule has 27 heavy (non-hydrogen) atoms. The molecule has 1 aromatic rings. The Balaban J connectivity index is 1.59. The summed E-state index contributed by atoms with van der Waals surface area (Å²) < 4.78 is 6.10. The van der Waals surface area contributed by atoms with Gasteiger partial charge in [0.2, 0.25) is 0 Å². The van der Waals surface area contributed by atoms with Gasteiger partial charge in [0.1, 0.15) is 5.75 Å². The summed E-state index contributed by atoms with van der Waals surface area (Å²) in [5.41, 5.74) is 0.391. The molecular formula is C23H32O4. The number of aromatic carboxylic acids is 1. The molecule has 6 unspecified atom stereocenters. The van der Waals surface area contributed by atoms with Crippen molar-refractivity contribution in [2.75, 3.05) is 6.61 Å². The van der Waals surface area contributed by atoms with E-state index in [1.54, 1.807) is 18.2 Å². The van der Waals surface area contributed by atoms with Crippen LogP contribution in [0.3, 0.4) is 0 Å². The molecule has 148 valence electrons. The minimum atomic E-state index is -0.944. The molecule has 3 aliphatic carbocycles. The monoisotopic (exact) mass is 372 g/mol. The smallest absolute Gasteiger partial charge is 0.335 e. The van der Waals surface area contributed by atoms with Gasteiger partial charge in [0, 0.05) is 10.8 Å². The van der Waals surface area contributed by atoms with E-state index in [4.69, 9.17) is 4.74 Å². The third kappa shape index (κ3) is 2.55. The zero-order valence-corrected chi connectivity index (χ0v) is 16.9. The summed E-state index contributed by atoms with van der Waals surface area (Å²) in [5, 5.41) is 20.5. The van der Waals surface area contributed by atoms with Crippen molar-refractivity contribution < 1.29 is 19.7 Å². The standard InChI is InChI=1S/C23H32O4/c1-14-8-9-17-21(2,3)18-11-23(14,17)19(24)12-22(18,4)13-27-16-7-5-6-15(10-16)20(25)26/h5-7,10,14,17-19,24H,8-9,11-13H2,1-4H3,(H,25,26). The predicted molar refractivity (Wildman–Crippen MR) is 104 cm³/mol. The first-order valence-corrected chi connectivity index (χ1v) is 10.3. The lowest BCUT2D eigenvalue weighted by Gasteiger charge is -2.49. The number of carboxylic acid groups (broad SMARTS) is 1. The first-order chi connectivity index (χ1) is 12.6. The average Bonchev–Trinajstić information content (AvgIpc) is 3.05. The molecule has 0 aliphatic heterocycles. The lowest BCUT2D eigenvalue weighted by Crippen LogP contribution is -2.49. The SMILES string of the molecule is CC1CCC2C(C)(C)C3CC12C(O)CC3(C)COc1cccc(C(=O)O)c1. The van der Waals surface area contributed by atoms with Crippen molar-refractivity contribution >= 4 is 5.97 Å². The maximum atomic E-state index is 11.3. The Morgan fingerprint density at radius 2 is 1.93 bits per heavy atom. The van der Waals surface area contributed by atoms with E-state index in [-0.39, 0.29) is 27.9 Å². The van der Waals surface area contributed by atoms with Crippen LogP contribution in [0.1, 0.15) is 63.7 Å². The van der Waals surface area contributed by atoms with Crippen LogP contribution in [0.15, 0.2) is 24.3 Å². The summed E-state index contributed by atoms with van der Waals surface area (Å²) in [6.07, 6.45) is 4.02. The van der Waals surface area contributed by atoms with Gasteiger partial charge in [0.15, 0.2) is 0 Å². The van der Waals surface area contributed by atoms with Gasteiger partial charge in [-0.05, 0) is 67.1 Å². The van der Waals surface area contributed by atoms with Crippen molar-refractivity contribution in [1.82, 2.24) is 0 Å². The maximum Gasteiger partial charge on any atom is 0.335 e. The Kier molecular flexibility index (Phi) is 4.16. The van der Waals surface area contributed by atoms with Crippen LogP contribution in [0.25, 0.3) is 0 Å². The highest BCUT2D eigenvalue weighted by Gasteiger charge is 2.71. The van der Waals surface area contributed by atoms with Crippen LogP contribution in [0.5, 0.6) is 5.75 Å². The fourth-order valence-corrected chi connectivity index (χ4v) is 7.31. The highest BCUT2D eigenvalue weighted by molar-refractivity contribution is 5.87. The van der Waals surface area contributed by atoms with Gasteiger partial charge >= 0.3 is 5.97 Å². The van der Waals surface area contributed by atoms with Gasteiger partial charge < -0.3 is 14.9 Å². The molecule has 1 aromatic carbocycles. The molecule has 4 heteroatoms. The second-order valence-corrected chi connectivity index (χ2v) is 10.2. The maximum absolute atomic E-state index is 11.3. The van der Waals surface area contributed by atoms with E-state index in [1.807, 2.05) is 6.07 Å². The minimum Gasteiger partial charge on any atom is -0.493 e. The van der Waals surface area contributed by atoms with Gasteiger partial charge in [0.05, 0.1) is 18.3 Å². The molecule has 0 saturated heterocycles. The van der Waals surface area contributed by atoms with E-state index in [0.29, 0.717) is 30.1 Å². The highest BCUT2D eigenvalue weighted by Crippen LogP contribution is 2.74. The Morgan fingerprint density at radius 3 is 2.63 bits per heavy atom. The number of hydrogen-bond donors (Lipinski definition) is 2. The summed E-state index contributed by atoms with van der Waals surface area (Å²) >= 11 is 0. The third-order valence-corrected chi connectivity index (χ3v) is 8.58. The number of fused-ring (bicyclic) bond motifs is 1. The molecule has 2 N–H and O–H groups in total. The Labute approximate surface area is 161 Å². The molecule has 3 aliphatic rings. The Bertz CT molecular complexity index is 757. The summed E-state index contributed by atoms with van der Waals surface area (Å²) in [6, 6.07) is 6.70. The molecule has 0 radical (unpaired) electrons. The first kappa shape index (κ1) is 18.8. The number of aliphatic hydroxyl groups is 1. The number of hydrogen-bond acceptors (Lipinski definition) is 3. The normalized spacial score (nSPS) is 42.0. The number of benzene rings is 1. The van der Waals surface area contributed by atoms with Gasteiger partial charge in [-0.3, -0.25) is 0 Å². The zero-order valence-electron chi connectivity index (χ0n) is 16.9. The fourth-order valence-electron chi connectivity index (χ4n) is 7.31. The molecule has 6 atom stereocenters. The molecule has 1 spiro atoms. The number of carboxylic acids is 1. The number of carbonyl (C=O) groups is 1. The van der Waals surface area contributed by atoms with E-state index >= 15 is 0 Å². The zero-order chi connectivity index (χ0) is 19.6. The van der Waals surface area contributed by atoms with E-state index in [0.717, 1.165) is 12.8 Å². The topological polar surface area (TPSA) is 66.8 Å². The van der Waals surface area contributed by atoms with E-state index in [2.05, 4.69) is 27.7 Å². The summed E-state index contributed by atoms with van der Waals surface area (Å²) in [5.74, 6) is 1.32. The van der Waals surface area contributed by atoms with Crippen LogP contribution in [0, 0.1) is 34.0 Å². The van der Waals surface area contributed by atoms with Crippen LogP contribution in [-0.4, -0.2) is 28.9 Å². The van der Waals surface area contributed by atoms with Crippen LogP contribution in [0.2, 0.25) is 0 Å². The van der Waals surface area contributed by atoms with Gasteiger partial charge in [-0.1, -0.05) is 33.8 Å². The molecule has 4 nitrogen and oxygen atoms in total. The molecule has 3 fully saturated rings. The van der Waals surface area contributed by atoms with Crippen molar-refractivity contribution in [3.8, 4) is 5.75 Å². The van der Waals surface area contributed by atoms with Gasteiger partial charge in [-0.25, -0.2) is 4.79 Å². The van der Waals surface area contributed by atoms with Gasteiger partial charge in [0.25, 0.3) is 0 Å². The molecule has 3 saturated carbocycles. The molecule has 2 bridgehead atoms. The van der Waals surface area contributed by atoms with Crippen LogP contribution in [0.4, 0.5) is 0 Å². The van der Waals surface area contributed by atoms with E-state index in [1.165, 1.54) is 12.8 Å². The van der Waals surface area contributed by atoms with Gasteiger partial charge in [-0.2, -0.15) is 0 Å². The van der Waals surface area contributed by atoms with Crippen molar-refractivity contribution in [3.05, 3.63) is 29.8 Å². The summed E-state index contributed by atoms with van der Waals surface area (Å²) in [6.45, 7) is 9.88. The second-order valence-electron chi connectivity index (χ2n) is 10.2. The van der Waals surface area contributed by atoms with E-state index in [9.17, 15) is 15.0 Å². The Morgan fingerprint density at radius 1 is 1.19 bits per heavy atom. The van der Waals surface area contributed by atoms with Crippen LogP contribution < -0.4 is 4.74 Å². The number of aliphatic hydroxyl groups excluding tert-OH is 1. The summed E-state index contributed by atoms with van der Waals surface area (Å²) in [4.78, 5) is 11.2. The average molecular weight is 373 g/mol. The van der Waals surface area contributed by atoms with Gasteiger partial charge in [-0.15, -0.1) is 0 Å². The predicted octanol–water partition coefficient (Wildman–Crippen LogP) is 4.61. The Hall–Kier alpha value is -1.55. The number of rotatable bonds is 4. The van der Waals surface area contributed by atoms with Crippen molar-refractivity contribution in [2.24, 2.45) is 34.0 Å². The van der Waals surface area contributed by atoms with Crippen molar-refractivity contribution in [3.63, 3.8) is 0 Å². The highest BCUT2D eigenvalue weighted by atomic mass is 16.5. The fraction of sp³-hybridized carbons (Fsp3) is 0.696. The van der Waals surface area contributed by atoms with Crippen LogP contribution >= 0.6 is 0 Å². The minimum absolute atomic E-state index is 0.0803. The molecule has 0 aromatic heterocycles. The first-order valence-electron chi connectivity index (χ1n) is 10.3. The molecule has 4 rings (SSSR count). The molecule has 0 heterocycles. The van der Waals surface area contributed by atoms with E-state index < -0.39 is 5.97 Å². The summed E-state index contributed by atoms with van der Waals surface area (Å²) in [7, 11) is 0. The lowest BCUT2D eigenvalue weighted by molar-refractivity contribution is -0.0935. The molecule has 0 amide bonds. The van der Waals surface area contributed by atoms with Crippen molar-refractivity contribution in [2.45, 2.75) is 59.5 Å². The second kappa shape index (κ2) is 5.97. The van der Waals surface area contributed by atoms with Crippen LogP contribution in [-0.2, 0) is 0 Å². The largest absolute Gasteiger partial charge is 0.493 e. The quantitative estimate of drug-likeness (QED) is 0.810. The lowest BCUT2D eigenvalue weighted by atomic mass is 9.58. The number of ether oxygens (including phenoxy) is 1.